The number of anilines is 1. The second-order valence-electron chi connectivity index (χ2n) is 3.06. The molecule has 6 nitrogen and oxygen atoms in total. The number of hydrogen-bond donors (Lipinski definition) is 1. The zero-order valence-corrected chi connectivity index (χ0v) is 9.74. The fraction of sp³-hybridized carbons (Fsp3) is 0.333. The third-order valence-corrected chi connectivity index (χ3v) is 2.16. The van der Waals surface area contributed by atoms with E-state index in [0.29, 0.717) is 0 Å². The summed E-state index contributed by atoms with van der Waals surface area (Å²) in [4.78, 5) is 15.1. The minimum Gasteiger partial charge on any atom is -0.462 e. The molecule has 88 valence electrons. The molecule has 0 atom stereocenters. The van der Waals surface area contributed by atoms with Gasteiger partial charge in [-0.25, -0.2) is 13.2 Å². The first-order chi connectivity index (χ1) is 7.42. The van der Waals surface area contributed by atoms with Crippen LogP contribution in [0.3, 0.4) is 0 Å². The van der Waals surface area contributed by atoms with Gasteiger partial charge in [-0.1, -0.05) is 0 Å². The van der Waals surface area contributed by atoms with Gasteiger partial charge in [0, 0.05) is 6.20 Å². The van der Waals surface area contributed by atoms with Gasteiger partial charge in [-0.2, -0.15) is 0 Å². The number of rotatable bonds is 4. The molecule has 0 aliphatic heterocycles. The summed E-state index contributed by atoms with van der Waals surface area (Å²) in [7, 11) is -3.37. The number of pyridine rings is 1. The Morgan fingerprint density at radius 1 is 1.50 bits per heavy atom. The maximum atomic E-state index is 11.3. The van der Waals surface area contributed by atoms with Crippen molar-refractivity contribution in [3.05, 3.63) is 24.0 Å². The van der Waals surface area contributed by atoms with Gasteiger partial charge in [0.25, 0.3) is 0 Å². The number of carbonyl (C=O) groups excluding carboxylic acids is 1. The van der Waals surface area contributed by atoms with E-state index in [4.69, 9.17) is 4.74 Å². The Bertz CT molecular complexity index is 484. The van der Waals surface area contributed by atoms with Crippen LogP contribution in [0.2, 0.25) is 0 Å². The average Bonchev–Trinajstić information content (AvgIpc) is 2.16. The molecule has 0 saturated carbocycles. The molecule has 0 spiro atoms. The summed E-state index contributed by atoms with van der Waals surface area (Å²) in [5.41, 5.74) is 0.434. The quantitative estimate of drug-likeness (QED) is 0.785. The minimum atomic E-state index is -3.37. The first-order valence-electron chi connectivity index (χ1n) is 4.52. The first-order valence-corrected chi connectivity index (χ1v) is 6.41. The Balaban J connectivity index is 2.91. The van der Waals surface area contributed by atoms with E-state index in [1.54, 1.807) is 6.92 Å². The normalized spacial score (nSPS) is 10.9. The summed E-state index contributed by atoms with van der Waals surface area (Å²) in [5, 5.41) is 0. The van der Waals surface area contributed by atoms with E-state index >= 15 is 0 Å². The Morgan fingerprint density at radius 2 is 2.19 bits per heavy atom. The van der Waals surface area contributed by atoms with Crippen molar-refractivity contribution < 1.29 is 17.9 Å². The first kappa shape index (κ1) is 12.4. The molecule has 0 saturated heterocycles. The zero-order chi connectivity index (χ0) is 12.2. The van der Waals surface area contributed by atoms with Crippen LogP contribution in [-0.4, -0.2) is 32.2 Å². The van der Waals surface area contributed by atoms with Gasteiger partial charge in [0.05, 0.1) is 30.3 Å². The van der Waals surface area contributed by atoms with Crippen LogP contribution in [0.15, 0.2) is 18.5 Å². The number of nitrogens with one attached hydrogen (secondary N) is 1. The Morgan fingerprint density at radius 3 is 2.75 bits per heavy atom. The number of hydrogen-bond acceptors (Lipinski definition) is 5. The fourth-order valence-electron chi connectivity index (χ4n) is 1.04. The molecule has 1 heterocycles. The highest BCUT2D eigenvalue weighted by Crippen LogP contribution is 2.10. The molecule has 0 aliphatic rings. The van der Waals surface area contributed by atoms with Gasteiger partial charge in [0.2, 0.25) is 10.0 Å². The number of ether oxygens (including phenoxy) is 1. The van der Waals surface area contributed by atoms with E-state index in [1.165, 1.54) is 18.5 Å². The molecule has 0 aromatic carbocycles. The van der Waals surface area contributed by atoms with Crippen LogP contribution in [0.1, 0.15) is 17.3 Å². The van der Waals surface area contributed by atoms with Crippen molar-refractivity contribution in [2.45, 2.75) is 6.92 Å². The lowest BCUT2D eigenvalue weighted by Crippen LogP contribution is -2.11. The second-order valence-corrected chi connectivity index (χ2v) is 4.81. The van der Waals surface area contributed by atoms with E-state index in [-0.39, 0.29) is 17.9 Å². The highest BCUT2D eigenvalue weighted by atomic mass is 32.2. The molecule has 0 fully saturated rings. The molecule has 0 radical (unpaired) electrons. The van der Waals surface area contributed by atoms with Gasteiger partial charge in [0.15, 0.2) is 0 Å². The summed E-state index contributed by atoms with van der Waals surface area (Å²) in [6.07, 6.45) is 3.64. The maximum absolute atomic E-state index is 11.3. The predicted octanol–water partition coefficient (Wildman–Crippen LogP) is 0.630. The van der Waals surface area contributed by atoms with Crippen molar-refractivity contribution in [3.63, 3.8) is 0 Å². The lowest BCUT2D eigenvalue weighted by atomic mass is 10.3. The number of nitrogens with zero attached hydrogens (tertiary/aromatic N) is 1. The zero-order valence-electron chi connectivity index (χ0n) is 8.93. The Kier molecular flexibility index (Phi) is 3.83. The number of carbonyl (C=O) groups is 1. The monoisotopic (exact) mass is 244 g/mol. The van der Waals surface area contributed by atoms with Gasteiger partial charge in [-0.3, -0.25) is 9.71 Å². The summed E-state index contributed by atoms with van der Waals surface area (Å²) in [6, 6.07) is 1.37. The van der Waals surface area contributed by atoms with E-state index in [1.807, 2.05) is 0 Å². The van der Waals surface area contributed by atoms with Crippen molar-refractivity contribution >= 4 is 21.7 Å². The van der Waals surface area contributed by atoms with Crippen LogP contribution in [0.5, 0.6) is 0 Å². The highest BCUT2D eigenvalue weighted by molar-refractivity contribution is 7.92. The van der Waals surface area contributed by atoms with Crippen LogP contribution in [-0.2, 0) is 14.8 Å². The van der Waals surface area contributed by atoms with Gasteiger partial charge < -0.3 is 4.74 Å². The smallest absolute Gasteiger partial charge is 0.339 e. The summed E-state index contributed by atoms with van der Waals surface area (Å²) in [6.45, 7) is 1.94. The molecule has 0 aliphatic carbocycles. The fourth-order valence-corrected chi connectivity index (χ4v) is 1.58. The van der Waals surface area contributed by atoms with Crippen molar-refractivity contribution in [1.29, 1.82) is 0 Å². The summed E-state index contributed by atoms with van der Waals surface area (Å²) >= 11 is 0. The van der Waals surface area contributed by atoms with Crippen LogP contribution in [0.4, 0.5) is 5.69 Å². The molecular formula is C9H12N2O4S. The van der Waals surface area contributed by atoms with Crippen LogP contribution in [0, 0.1) is 0 Å². The number of esters is 1. The highest BCUT2D eigenvalue weighted by Gasteiger charge is 2.09. The summed E-state index contributed by atoms with van der Waals surface area (Å²) < 4.78 is 28.9. The topological polar surface area (TPSA) is 85.4 Å². The molecule has 1 aromatic rings. The Labute approximate surface area is 93.7 Å². The molecule has 0 unspecified atom stereocenters. The average molecular weight is 244 g/mol. The molecule has 1 aromatic heterocycles. The van der Waals surface area contributed by atoms with Crippen LogP contribution in [0.25, 0.3) is 0 Å². The molecule has 7 heteroatoms. The Hall–Kier alpha value is -1.63. The van der Waals surface area contributed by atoms with Crippen LogP contribution < -0.4 is 4.72 Å². The van der Waals surface area contributed by atoms with Crippen LogP contribution >= 0.6 is 0 Å². The van der Waals surface area contributed by atoms with Gasteiger partial charge >= 0.3 is 5.97 Å². The predicted molar refractivity (Wildman–Crippen MR) is 58.7 cm³/mol. The van der Waals surface area contributed by atoms with Gasteiger partial charge in [-0.15, -0.1) is 0 Å². The molecule has 16 heavy (non-hydrogen) atoms. The summed E-state index contributed by atoms with van der Waals surface area (Å²) in [5.74, 6) is -0.535. The number of aromatic nitrogens is 1. The largest absolute Gasteiger partial charge is 0.462 e. The lowest BCUT2D eigenvalue weighted by molar-refractivity contribution is 0.0526. The van der Waals surface area contributed by atoms with Gasteiger partial charge in [-0.05, 0) is 13.0 Å². The second kappa shape index (κ2) is 4.93. The number of sulfonamides is 1. The van der Waals surface area contributed by atoms with E-state index in [2.05, 4.69) is 9.71 Å². The standard InChI is InChI=1S/C9H12N2O4S/c1-3-15-9(12)7-4-8(6-10-5-7)11-16(2,13)14/h4-6,11H,3H2,1-2H3. The maximum Gasteiger partial charge on any atom is 0.339 e. The molecule has 1 N–H and O–H groups in total. The van der Waals surface area contributed by atoms with E-state index in [0.717, 1.165) is 6.26 Å². The van der Waals surface area contributed by atoms with E-state index < -0.39 is 16.0 Å². The molecule has 0 bridgehead atoms. The SMILES string of the molecule is CCOC(=O)c1cncc(NS(C)(=O)=O)c1. The molecule has 0 amide bonds. The third kappa shape index (κ3) is 3.85. The van der Waals surface area contributed by atoms with Crippen molar-refractivity contribution in [1.82, 2.24) is 4.98 Å². The lowest BCUT2D eigenvalue weighted by Gasteiger charge is -2.05. The molecule has 1 rings (SSSR count). The minimum absolute atomic E-state index is 0.204. The molecular weight excluding hydrogens is 232 g/mol. The van der Waals surface area contributed by atoms with Gasteiger partial charge in [0.1, 0.15) is 0 Å². The third-order valence-electron chi connectivity index (χ3n) is 1.55. The van der Waals surface area contributed by atoms with E-state index in [9.17, 15) is 13.2 Å². The van der Waals surface area contributed by atoms with Crippen molar-refractivity contribution in [2.24, 2.45) is 0 Å². The van der Waals surface area contributed by atoms with Crippen molar-refractivity contribution in [3.8, 4) is 0 Å². The van der Waals surface area contributed by atoms with Crippen molar-refractivity contribution in [2.75, 3.05) is 17.6 Å².